The molecule has 0 spiro atoms. The van der Waals surface area contributed by atoms with E-state index in [1.807, 2.05) is 19.1 Å². The zero-order valence-corrected chi connectivity index (χ0v) is 23.6. The van der Waals surface area contributed by atoms with Gasteiger partial charge < -0.3 is 19.3 Å². The minimum atomic E-state index is -1.49. The second-order valence-corrected chi connectivity index (χ2v) is 10.8. The van der Waals surface area contributed by atoms with Gasteiger partial charge in [0, 0.05) is 6.54 Å². The van der Waals surface area contributed by atoms with Gasteiger partial charge in [0.1, 0.15) is 0 Å². The summed E-state index contributed by atoms with van der Waals surface area (Å²) in [4.78, 5) is 37.3. The van der Waals surface area contributed by atoms with Crippen LogP contribution >= 0.6 is 0 Å². The maximum atomic E-state index is 13.1. The van der Waals surface area contributed by atoms with E-state index >= 15 is 0 Å². The minimum absolute atomic E-state index is 0.0293. The van der Waals surface area contributed by atoms with E-state index in [9.17, 15) is 19.5 Å². The lowest BCUT2D eigenvalue weighted by Gasteiger charge is -2.23. The third kappa shape index (κ3) is 7.07. The van der Waals surface area contributed by atoms with E-state index in [0.717, 1.165) is 5.56 Å². The Morgan fingerprint density at radius 2 is 1.67 bits per heavy atom. The van der Waals surface area contributed by atoms with Crippen molar-refractivity contribution in [3.63, 3.8) is 0 Å². The fourth-order valence-corrected chi connectivity index (χ4v) is 3.84. The van der Waals surface area contributed by atoms with Crippen molar-refractivity contribution in [2.75, 3.05) is 7.11 Å². The molecular formula is C29H37N3O7. The van der Waals surface area contributed by atoms with Crippen molar-refractivity contribution in [1.82, 2.24) is 14.3 Å². The Hall–Kier alpha value is -4.08. The molecule has 0 unspecified atom stereocenters. The van der Waals surface area contributed by atoms with Crippen LogP contribution in [0.5, 0.6) is 11.5 Å². The molecule has 0 atom stereocenters. The molecule has 0 aliphatic heterocycles. The number of carboxylic acids is 1. The number of hydrogen-bond acceptors (Lipinski definition) is 7. The number of nitrogens with zero attached hydrogens (tertiary/aromatic N) is 3. The quantitative estimate of drug-likeness (QED) is 0.356. The van der Waals surface area contributed by atoms with Crippen LogP contribution in [0.3, 0.4) is 0 Å². The zero-order valence-electron chi connectivity index (χ0n) is 23.6. The van der Waals surface area contributed by atoms with E-state index < -0.39 is 17.5 Å². The number of methoxy groups -OCH3 is 1. The number of carboxylic acid groups (broad SMARTS) is 1. The molecule has 0 aliphatic rings. The third-order valence-corrected chi connectivity index (χ3v) is 6.21. The lowest BCUT2D eigenvalue weighted by Crippen LogP contribution is -2.38. The summed E-state index contributed by atoms with van der Waals surface area (Å²) >= 11 is 0. The Kier molecular flexibility index (Phi) is 8.88. The number of aliphatic carboxylic acids is 1. The molecule has 3 rings (SSSR count). The van der Waals surface area contributed by atoms with Gasteiger partial charge in [-0.25, -0.2) is 19.1 Å². The summed E-state index contributed by atoms with van der Waals surface area (Å²) in [6.07, 6.45) is 0.707. The smallest absolute Gasteiger partial charge is 0.347 e. The summed E-state index contributed by atoms with van der Waals surface area (Å²) < 4.78 is 19.2. The Morgan fingerprint density at radius 3 is 2.23 bits per heavy atom. The van der Waals surface area contributed by atoms with Crippen LogP contribution in [0.4, 0.5) is 0 Å². The standard InChI is InChI=1S/C29H37N3O7/c1-8-15-31-24(30-32(27(31)36)17-19-9-12-21(13-10-19)28(2,3)4)18-38-25(33)20-11-14-22(23(16-20)37-7)39-29(5,6)26(34)35/h9-14,16H,8,15,17-18H2,1-7H3,(H,34,35). The van der Waals surface area contributed by atoms with Crippen LogP contribution in [0.25, 0.3) is 0 Å². The van der Waals surface area contributed by atoms with Crippen molar-refractivity contribution < 1.29 is 28.9 Å². The highest BCUT2D eigenvalue weighted by molar-refractivity contribution is 5.90. The number of aromatic nitrogens is 3. The van der Waals surface area contributed by atoms with Crippen LogP contribution in [0.2, 0.25) is 0 Å². The second kappa shape index (κ2) is 11.8. The average molecular weight is 540 g/mol. The monoisotopic (exact) mass is 539 g/mol. The Morgan fingerprint density at radius 1 is 1.00 bits per heavy atom. The Labute approximate surface area is 228 Å². The van der Waals surface area contributed by atoms with E-state index in [1.165, 1.54) is 54.0 Å². The largest absolute Gasteiger partial charge is 0.493 e. The molecule has 0 fully saturated rings. The van der Waals surface area contributed by atoms with Crippen molar-refractivity contribution in [2.24, 2.45) is 0 Å². The number of rotatable bonds is 11. The summed E-state index contributed by atoms with van der Waals surface area (Å²) in [6.45, 7) is 11.7. The highest BCUT2D eigenvalue weighted by Crippen LogP contribution is 2.31. The summed E-state index contributed by atoms with van der Waals surface area (Å²) in [5.74, 6) is -1.10. The van der Waals surface area contributed by atoms with Gasteiger partial charge in [0.05, 0.1) is 19.2 Å². The van der Waals surface area contributed by atoms with Crippen molar-refractivity contribution in [1.29, 1.82) is 0 Å². The molecule has 0 saturated carbocycles. The molecule has 1 heterocycles. The molecule has 1 N–H and O–H groups in total. The number of carbonyl (C=O) groups is 2. The first-order chi connectivity index (χ1) is 18.3. The van der Waals surface area contributed by atoms with Gasteiger partial charge in [-0.05, 0) is 55.0 Å². The topological polar surface area (TPSA) is 122 Å². The predicted octanol–water partition coefficient (Wildman–Crippen LogP) is 4.41. The van der Waals surface area contributed by atoms with Crippen molar-refractivity contribution in [3.05, 3.63) is 75.5 Å². The van der Waals surface area contributed by atoms with Gasteiger partial charge in [-0.3, -0.25) is 4.57 Å². The molecule has 10 nitrogen and oxygen atoms in total. The summed E-state index contributed by atoms with van der Waals surface area (Å²) in [6, 6.07) is 12.4. The fourth-order valence-electron chi connectivity index (χ4n) is 3.84. The van der Waals surface area contributed by atoms with E-state index in [-0.39, 0.29) is 34.8 Å². The van der Waals surface area contributed by atoms with E-state index in [1.54, 1.807) is 0 Å². The molecule has 10 heteroatoms. The van der Waals surface area contributed by atoms with Gasteiger partial charge in [0.2, 0.25) is 0 Å². The van der Waals surface area contributed by atoms with Crippen molar-refractivity contribution in [3.8, 4) is 11.5 Å². The first-order valence-corrected chi connectivity index (χ1v) is 12.8. The maximum Gasteiger partial charge on any atom is 0.347 e. The van der Waals surface area contributed by atoms with Crippen LogP contribution in [-0.2, 0) is 34.6 Å². The molecule has 0 aliphatic carbocycles. The highest BCUT2D eigenvalue weighted by Gasteiger charge is 2.31. The van der Waals surface area contributed by atoms with E-state index in [4.69, 9.17) is 14.2 Å². The molecule has 39 heavy (non-hydrogen) atoms. The van der Waals surface area contributed by atoms with E-state index in [0.29, 0.717) is 25.3 Å². The third-order valence-electron chi connectivity index (χ3n) is 6.21. The Balaban J connectivity index is 1.77. The molecule has 3 aromatic rings. The molecule has 0 bridgehead atoms. The molecule has 1 aromatic heterocycles. The molecule has 0 saturated heterocycles. The SMILES string of the molecule is CCCn1c(COC(=O)c2ccc(OC(C)(C)C(=O)O)c(OC)c2)nn(Cc2ccc(C(C)(C)C)cc2)c1=O. The number of benzene rings is 2. The number of hydrogen-bond donors (Lipinski definition) is 1. The van der Waals surface area contributed by atoms with Crippen LogP contribution < -0.4 is 15.2 Å². The predicted molar refractivity (Wildman–Crippen MR) is 145 cm³/mol. The van der Waals surface area contributed by atoms with Gasteiger partial charge in [0.15, 0.2) is 29.5 Å². The average Bonchev–Trinajstić information content (AvgIpc) is 3.16. The van der Waals surface area contributed by atoms with Crippen LogP contribution in [0.15, 0.2) is 47.3 Å². The highest BCUT2D eigenvalue weighted by atomic mass is 16.5. The normalized spacial score (nSPS) is 11.8. The van der Waals surface area contributed by atoms with E-state index in [2.05, 4.69) is 38.0 Å². The summed E-state index contributed by atoms with van der Waals surface area (Å²) in [7, 11) is 1.39. The molecule has 210 valence electrons. The number of ether oxygens (including phenoxy) is 3. The first-order valence-electron chi connectivity index (χ1n) is 12.8. The van der Waals surface area contributed by atoms with Gasteiger partial charge in [-0.15, -0.1) is 0 Å². The number of carbonyl (C=O) groups excluding carboxylic acids is 1. The summed E-state index contributed by atoms with van der Waals surface area (Å²) in [5, 5.41) is 13.8. The van der Waals surface area contributed by atoms with Crippen molar-refractivity contribution in [2.45, 2.75) is 78.7 Å². The minimum Gasteiger partial charge on any atom is -0.493 e. The fraction of sp³-hybridized carbons (Fsp3) is 0.448. The lowest BCUT2D eigenvalue weighted by molar-refractivity contribution is -0.152. The molecule has 0 radical (unpaired) electrons. The maximum absolute atomic E-state index is 13.1. The number of esters is 1. The van der Waals surface area contributed by atoms with Gasteiger partial charge in [0.25, 0.3) is 0 Å². The molecule has 2 aromatic carbocycles. The zero-order chi connectivity index (χ0) is 29.0. The molecule has 0 amide bonds. The van der Waals surface area contributed by atoms with Crippen molar-refractivity contribution >= 4 is 11.9 Å². The van der Waals surface area contributed by atoms with Crippen LogP contribution in [-0.4, -0.2) is 44.1 Å². The van der Waals surface area contributed by atoms with Crippen LogP contribution in [0, 0.1) is 0 Å². The van der Waals surface area contributed by atoms with Gasteiger partial charge >= 0.3 is 17.6 Å². The van der Waals surface area contributed by atoms with Crippen LogP contribution in [0.1, 0.15) is 75.3 Å². The Bertz CT molecular complexity index is 1380. The summed E-state index contributed by atoms with van der Waals surface area (Å²) in [5.41, 5.74) is 0.578. The van der Waals surface area contributed by atoms with Gasteiger partial charge in [-0.1, -0.05) is 52.0 Å². The second-order valence-electron chi connectivity index (χ2n) is 10.8. The lowest BCUT2D eigenvalue weighted by atomic mass is 9.87. The first kappa shape index (κ1) is 29.5. The van der Waals surface area contributed by atoms with Gasteiger partial charge in [-0.2, -0.15) is 5.10 Å². The molecular weight excluding hydrogens is 502 g/mol.